The van der Waals surface area contributed by atoms with Gasteiger partial charge in [-0.3, -0.25) is 9.78 Å². The summed E-state index contributed by atoms with van der Waals surface area (Å²) in [6.07, 6.45) is 1.58. The number of nitrogen functional groups attached to an aromatic ring is 1. The van der Waals surface area contributed by atoms with Crippen molar-refractivity contribution < 1.29 is 4.79 Å². The van der Waals surface area contributed by atoms with Crippen LogP contribution in [0.2, 0.25) is 0 Å². The maximum absolute atomic E-state index is 12.3. The predicted molar refractivity (Wildman–Crippen MR) is 71.2 cm³/mol. The highest BCUT2D eigenvalue weighted by Gasteiger charge is 2.23. The van der Waals surface area contributed by atoms with Gasteiger partial charge in [0.05, 0.1) is 23.1 Å². The summed E-state index contributed by atoms with van der Waals surface area (Å²) in [4.78, 5) is 18.4. The van der Waals surface area contributed by atoms with E-state index in [0.29, 0.717) is 16.5 Å². The van der Waals surface area contributed by atoms with E-state index in [1.807, 2.05) is 23.6 Å². The minimum atomic E-state index is 0.0504. The van der Waals surface area contributed by atoms with Gasteiger partial charge in [-0.25, -0.2) is 0 Å². The van der Waals surface area contributed by atoms with Crippen molar-refractivity contribution in [2.24, 2.45) is 0 Å². The molecule has 1 aromatic heterocycles. The standard InChI is InChI=1S/C12H17N3OS/c1-8-7-15(3-4-17-8)12(16)11-5-10(13)6-14-9(11)2/h5-6,8H,3-4,7,13H2,1-2H3. The van der Waals surface area contributed by atoms with Gasteiger partial charge in [-0.1, -0.05) is 6.92 Å². The highest BCUT2D eigenvalue weighted by Crippen LogP contribution is 2.20. The molecule has 2 N–H and O–H groups in total. The number of pyridine rings is 1. The van der Waals surface area contributed by atoms with Crippen LogP contribution in [0.15, 0.2) is 12.3 Å². The van der Waals surface area contributed by atoms with Gasteiger partial charge < -0.3 is 10.6 Å². The Hall–Kier alpha value is -1.23. The van der Waals surface area contributed by atoms with Crippen LogP contribution in [0.4, 0.5) is 5.69 Å². The van der Waals surface area contributed by atoms with Gasteiger partial charge in [0.25, 0.3) is 5.91 Å². The first-order chi connectivity index (χ1) is 8.08. The zero-order valence-electron chi connectivity index (χ0n) is 10.1. The summed E-state index contributed by atoms with van der Waals surface area (Å²) in [5, 5.41) is 0.502. The molecule has 0 spiro atoms. The smallest absolute Gasteiger partial charge is 0.255 e. The summed E-state index contributed by atoms with van der Waals surface area (Å²) in [7, 11) is 0. The summed E-state index contributed by atoms with van der Waals surface area (Å²) >= 11 is 1.91. The topological polar surface area (TPSA) is 59.2 Å². The van der Waals surface area contributed by atoms with Crippen molar-refractivity contribution in [3.63, 3.8) is 0 Å². The molecule has 0 radical (unpaired) electrons. The Labute approximate surface area is 106 Å². The quantitative estimate of drug-likeness (QED) is 0.822. The van der Waals surface area contributed by atoms with Crippen LogP contribution >= 0.6 is 11.8 Å². The molecule has 1 aliphatic rings. The minimum absolute atomic E-state index is 0.0504. The number of amides is 1. The summed E-state index contributed by atoms with van der Waals surface area (Å²) in [5.74, 6) is 1.05. The molecule has 17 heavy (non-hydrogen) atoms. The van der Waals surface area contributed by atoms with Crippen molar-refractivity contribution in [1.29, 1.82) is 0 Å². The Balaban J connectivity index is 2.21. The molecule has 0 aromatic carbocycles. The average molecular weight is 251 g/mol. The van der Waals surface area contributed by atoms with E-state index in [9.17, 15) is 4.79 Å². The fourth-order valence-electron chi connectivity index (χ4n) is 1.94. The maximum Gasteiger partial charge on any atom is 0.255 e. The number of aromatic nitrogens is 1. The van der Waals surface area contributed by atoms with E-state index >= 15 is 0 Å². The van der Waals surface area contributed by atoms with Crippen LogP contribution in [-0.4, -0.2) is 39.9 Å². The number of nitrogens with two attached hydrogens (primary N) is 1. The van der Waals surface area contributed by atoms with Crippen LogP contribution in [0.3, 0.4) is 0 Å². The molecule has 0 bridgehead atoms. The van der Waals surface area contributed by atoms with Gasteiger partial charge >= 0.3 is 0 Å². The second-order valence-corrected chi connectivity index (χ2v) is 5.88. The number of rotatable bonds is 1. The van der Waals surface area contributed by atoms with Crippen molar-refractivity contribution in [3.8, 4) is 0 Å². The monoisotopic (exact) mass is 251 g/mol. The molecule has 1 saturated heterocycles. The molecule has 1 aliphatic heterocycles. The predicted octanol–water partition coefficient (Wildman–Crippen LogP) is 1.55. The van der Waals surface area contributed by atoms with Crippen LogP contribution in [0.1, 0.15) is 23.0 Å². The molecule has 92 valence electrons. The van der Waals surface area contributed by atoms with Crippen LogP contribution < -0.4 is 5.73 Å². The van der Waals surface area contributed by atoms with Gasteiger partial charge in [-0.2, -0.15) is 11.8 Å². The molecular formula is C12H17N3OS. The van der Waals surface area contributed by atoms with Gasteiger partial charge in [0.15, 0.2) is 0 Å². The normalized spacial score (nSPS) is 20.4. The van der Waals surface area contributed by atoms with Crippen LogP contribution in [0.25, 0.3) is 0 Å². The molecule has 0 aliphatic carbocycles. The molecular weight excluding hydrogens is 234 g/mol. The average Bonchev–Trinajstić information content (AvgIpc) is 2.31. The molecule has 5 heteroatoms. The first kappa shape index (κ1) is 12.2. The van der Waals surface area contributed by atoms with E-state index in [4.69, 9.17) is 5.73 Å². The van der Waals surface area contributed by atoms with E-state index in [2.05, 4.69) is 11.9 Å². The van der Waals surface area contributed by atoms with E-state index < -0.39 is 0 Å². The summed E-state index contributed by atoms with van der Waals surface area (Å²) in [6.45, 7) is 5.60. The lowest BCUT2D eigenvalue weighted by Crippen LogP contribution is -2.41. The SMILES string of the molecule is Cc1ncc(N)cc1C(=O)N1CCSC(C)C1. The van der Waals surface area contributed by atoms with Crippen molar-refractivity contribution in [2.75, 3.05) is 24.6 Å². The lowest BCUT2D eigenvalue weighted by molar-refractivity contribution is 0.0762. The Morgan fingerprint density at radius 2 is 2.41 bits per heavy atom. The largest absolute Gasteiger partial charge is 0.397 e. The number of hydrogen-bond donors (Lipinski definition) is 1. The van der Waals surface area contributed by atoms with Gasteiger partial charge in [0, 0.05) is 24.1 Å². The fourth-order valence-corrected chi connectivity index (χ4v) is 2.95. The number of anilines is 1. The van der Waals surface area contributed by atoms with Gasteiger partial charge in [-0.05, 0) is 13.0 Å². The molecule has 1 unspecified atom stereocenters. The Morgan fingerprint density at radius 3 is 3.12 bits per heavy atom. The Morgan fingerprint density at radius 1 is 1.65 bits per heavy atom. The molecule has 1 amide bonds. The first-order valence-electron chi connectivity index (χ1n) is 5.71. The van der Waals surface area contributed by atoms with Gasteiger partial charge in [0.1, 0.15) is 0 Å². The van der Waals surface area contributed by atoms with E-state index in [-0.39, 0.29) is 5.91 Å². The summed E-state index contributed by atoms with van der Waals surface area (Å²) in [5.41, 5.74) is 7.60. The van der Waals surface area contributed by atoms with Crippen molar-refractivity contribution in [3.05, 3.63) is 23.5 Å². The number of thioether (sulfide) groups is 1. The van der Waals surface area contributed by atoms with Crippen molar-refractivity contribution in [1.82, 2.24) is 9.88 Å². The third-order valence-electron chi connectivity index (χ3n) is 2.87. The van der Waals surface area contributed by atoms with Crippen molar-refractivity contribution >= 4 is 23.4 Å². The number of hydrogen-bond acceptors (Lipinski definition) is 4. The summed E-state index contributed by atoms with van der Waals surface area (Å²) < 4.78 is 0. The zero-order chi connectivity index (χ0) is 12.4. The number of carbonyl (C=O) groups is 1. The second-order valence-electron chi connectivity index (χ2n) is 4.33. The molecule has 1 fully saturated rings. The molecule has 0 saturated carbocycles. The summed E-state index contributed by atoms with van der Waals surface area (Å²) in [6, 6.07) is 1.72. The molecule has 1 atom stereocenters. The minimum Gasteiger partial charge on any atom is -0.397 e. The Bertz CT molecular complexity index is 436. The van der Waals surface area contributed by atoms with Gasteiger partial charge in [-0.15, -0.1) is 0 Å². The molecule has 2 heterocycles. The zero-order valence-corrected chi connectivity index (χ0v) is 11.0. The van der Waals surface area contributed by atoms with Gasteiger partial charge in [0.2, 0.25) is 0 Å². The number of aryl methyl sites for hydroxylation is 1. The Kier molecular flexibility index (Phi) is 3.57. The van der Waals surface area contributed by atoms with Crippen molar-refractivity contribution in [2.45, 2.75) is 19.1 Å². The van der Waals surface area contributed by atoms with Crippen LogP contribution in [0, 0.1) is 6.92 Å². The third-order valence-corrected chi connectivity index (χ3v) is 4.00. The first-order valence-corrected chi connectivity index (χ1v) is 6.76. The van der Waals surface area contributed by atoms with E-state index in [1.54, 1.807) is 12.3 Å². The maximum atomic E-state index is 12.3. The molecule has 4 nitrogen and oxygen atoms in total. The lowest BCUT2D eigenvalue weighted by atomic mass is 10.1. The molecule has 1 aromatic rings. The van der Waals surface area contributed by atoms with Crippen LogP contribution in [-0.2, 0) is 0 Å². The van der Waals surface area contributed by atoms with Crippen LogP contribution in [0.5, 0.6) is 0 Å². The second kappa shape index (κ2) is 4.96. The lowest BCUT2D eigenvalue weighted by Gasteiger charge is -2.30. The number of carbonyl (C=O) groups excluding carboxylic acids is 1. The highest BCUT2D eigenvalue weighted by molar-refractivity contribution is 7.99. The highest BCUT2D eigenvalue weighted by atomic mass is 32.2. The van der Waals surface area contributed by atoms with E-state index in [0.717, 1.165) is 24.5 Å². The third kappa shape index (κ3) is 2.72. The fraction of sp³-hybridized carbons (Fsp3) is 0.500. The van der Waals surface area contributed by atoms with E-state index in [1.165, 1.54) is 0 Å². The molecule has 2 rings (SSSR count). The number of nitrogens with zero attached hydrogens (tertiary/aromatic N) is 2.